The molecule has 1 aliphatic heterocycles. The monoisotopic (exact) mass is 426 g/mol. The fourth-order valence-corrected chi connectivity index (χ4v) is 3.83. The molecule has 1 aromatic carbocycles. The van der Waals surface area contributed by atoms with Gasteiger partial charge in [0.15, 0.2) is 0 Å². The van der Waals surface area contributed by atoms with Crippen molar-refractivity contribution in [2.45, 2.75) is 25.9 Å². The van der Waals surface area contributed by atoms with E-state index in [9.17, 15) is 9.59 Å². The number of H-pyrrole nitrogens is 1. The minimum atomic E-state index is -0.0669. The van der Waals surface area contributed by atoms with Gasteiger partial charge in [-0.2, -0.15) is 5.10 Å². The molecule has 0 radical (unpaired) electrons. The lowest BCUT2D eigenvalue weighted by atomic mass is 10.2. The van der Waals surface area contributed by atoms with Gasteiger partial charge in [-0.05, 0) is 36.8 Å². The number of nitrogens with one attached hydrogen (secondary N) is 2. The molecule has 1 saturated heterocycles. The summed E-state index contributed by atoms with van der Waals surface area (Å²) in [7, 11) is 1.78. The third kappa shape index (κ3) is 4.09. The molecule has 30 heavy (non-hydrogen) atoms. The molecule has 0 bridgehead atoms. The quantitative estimate of drug-likeness (QED) is 0.654. The Morgan fingerprint density at radius 1 is 1.33 bits per heavy atom. The highest BCUT2D eigenvalue weighted by Crippen LogP contribution is 2.22. The van der Waals surface area contributed by atoms with E-state index in [2.05, 4.69) is 20.5 Å². The molecule has 3 heterocycles. The Bertz CT molecular complexity index is 1080. The maximum absolute atomic E-state index is 12.8. The van der Waals surface area contributed by atoms with Crippen LogP contribution in [0.3, 0.4) is 0 Å². The zero-order chi connectivity index (χ0) is 21.3. The normalized spacial score (nSPS) is 16.1. The first kappa shape index (κ1) is 20.2. The molecule has 0 unspecified atom stereocenters. The van der Waals surface area contributed by atoms with E-state index in [0.29, 0.717) is 36.0 Å². The molecule has 2 N–H and O–H groups in total. The number of fused-ring (bicyclic) bond motifs is 1. The summed E-state index contributed by atoms with van der Waals surface area (Å²) >= 11 is 6.08. The SMILES string of the molecule is CC(=O)N(C)[C@H]1CCN(C(=O)c2ccc(NCc3[nH]nc4ccc(Cl)cc34)nc2)C1. The number of anilines is 1. The average molecular weight is 427 g/mol. The van der Waals surface area contributed by atoms with E-state index in [1.165, 1.54) is 0 Å². The van der Waals surface area contributed by atoms with E-state index in [0.717, 1.165) is 23.0 Å². The number of hydrogen-bond donors (Lipinski definition) is 2. The first-order valence-electron chi connectivity index (χ1n) is 9.77. The molecule has 0 spiro atoms. The van der Waals surface area contributed by atoms with Gasteiger partial charge in [0.2, 0.25) is 5.91 Å². The number of carbonyl (C=O) groups excluding carboxylic acids is 2. The summed E-state index contributed by atoms with van der Waals surface area (Å²) < 4.78 is 0. The van der Waals surface area contributed by atoms with Crippen LogP contribution in [-0.4, -0.2) is 63.0 Å². The Labute approximate surface area is 179 Å². The standard InChI is InChI=1S/C21H23ClN6O2/c1-13(29)27(2)16-7-8-28(12-16)21(30)14-3-6-20(23-10-14)24-11-19-17-9-15(22)4-5-18(17)25-26-19/h3-6,9-10,16H,7-8,11-12H2,1-2H3,(H,23,24)(H,25,26)/t16-/m0/s1. The fourth-order valence-electron chi connectivity index (χ4n) is 3.66. The molecule has 3 aromatic rings. The molecular formula is C21H23ClN6O2. The number of likely N-dealkylation sites (N-methyl/N-ethyl adjacent to an activating group) is 1. The summed E-state index contributed by atoms with van der Waals surface area (Å²) in [4.78, 5) is 32.1. The lowest BCUT2D eigenvalue weighted by Gasteiger charge is -2.23. The summed E-state index contributed by atoms with van der Waals surface area (Å²) in [6.07, 6.45) is 2.37. The third-order valence-electron chi connectivity index (χ3n) is 5.55. The van der Waals surface area contributed by atoms with Gasteiger partial charge in [-0.15, -0.1) is 0 Å². The Morgan fingerprint density at radius 2 is 2.17 bits per heavy atom. The number of pyridine rings is 1. The minimum Gasteiger partial charge on any atom is -0.364 e. The average Bonchev–Trinajstić information content (AvgIpc) is 3.38. The molecule has 2 amide bonds. The van der Waals surface area contributed by atoms with Gasteiger partial charge < -0.3 is 15.1 Å². The number of rotatable bonds is 5. The van der Waals surface area contributed by atoms with Crippen LogP contribution in [0.4, 0.5) is 5.82 Å². The topological polar surface area (TPSA) is 94.2 Å². The van der Waals surface area contributed by atoms with Gasteiger partial charge >= 0.3 is 0 Å². The van der Waals surface area contributed by atoms with Crippen LogP contribution >= 0.6 is 11.6 Å². The van der Waals surface area contributed by atoms with Crippen molar-refractivity contribution in [2.75, 3.05) is 25.5 Å². The number of carbonyl (C=O) groups is 2. The van der Waals surface area contributed by atoms with Gasteiger partial charge in [0.05, 0.1) is 29.4 Å². The number of likely N-dealkylation sites (tertiary alicyclic amines) is 1. The highest BCUT2D eigenvalue weighted by molar-refractivity contribution is 6.31. The second-order valence-electron chi connectivity index (χ2n) is 7.47. The second-order valence-corrected chi connectivity index (χ2v) is 7.91. The third-order valence-corrected chi connectivity index (χ3v) is 5.78. The molecule has 4 rings (SSSR count). The summed E-state index contributed by atoms with van der Waals surface area (Å²) in [6, 6.07) is 9.17. The van der Waals surface area contributed by atoms with E-state index in [-0.39, 0.29) is 17.9 Å². The Morgan fingerprint density at radius 3 is 2.90 bits per heavy atom. The van der Waals surface area contributed by atoms with Crippen LogP contribution in [0.2, 0.25) is 5.02 Å². The minimum absolute atomic E-state index is 0.0127. The summed E-state index contributed by atoms with van der Waals surface area (Å²) in [6.45, 7) is 3.23. The van der Waals surface area contributed by atoms with Gasteiger partial charge in [-0.1, -0.05) is 11.6 Å². The van der Waals surface area contributed by atoms with E-state index >= 15 is 0 Å². The number of aromatic nitrogens is 3. The number of amides is 2. The Kier molecular flexibility index (Phi) is 5.59. The zero-order valence-corrected chi connectivity index (χ0v) is 17.6. The van der Waals surface area contributed by atoms with E-state index in [1.807, 2.05) is 12.1 Å². The molecular weight excluding hydrogens is 404 g/mol. The summed E-state index contributed by atoms with van der Waals surface area (Å²) in [5.41, 5.74) is 2.29. The van der Waals surface area contributed by atoms with Crippen LogP contribution in [0, 0.1) is 0 Å². The zero-order valence-electron chi connectivity index (χ0n) is 16.9. The largest absolute Gasteiger partial charge is 0.364 e. The van der Waals surface area contributed by atoms with Crippen LogP contribution in [0.1, 0.15) is 29.4 Å². The molecule has 1 aliphatic rings. The highest BCUT2D eigenvalue weighted by atomic mass is 35.5. The first-order valence-corrected chi connectivity index (χ1v) is 10.2. The van der Waals surface area contributed by atoms with Crippen molar-refractivity contribution >= 4 is 40.1 Å². The molecule has 1 atom stereocenters. The number of hydrogen-bond acceptors (Lipinski definition) is 5. The number of nitrogens with zero attached hydrogens (tertiary/aromatic N) is 4. The summed E-state index contributed by atoms with van der Waals surface area (Å²) in [5, 5.41) is 12.1. The maximum Gasteiger partial charge on any atom is 0.255 e. The van der Waals surface area contributed by atoms with Crippen molar-refractivity contribution in [1.82, 2.24) is 25.0 Å². The molecule has 0 aliphatic carbocycles. The highest BCUT2D eigenvalue weighted by Gasteiger charge is 2.30. The smallest absolute Gasteiger partial charge is 0.255 e. The van der Waals surface area contributed by atoms with Gasteiger partial charge in [0, 0.05) is 43.7 Å². The van der Waals surface area contributed by atoms with Crippen LogP contribution in [0.25, 0.3) is 10.9 Å². The molecule has 2 aromatic heterocycles. The van der Waals surface area contributed by atoms with Crippen molar-refractivity contribution in [1.29, 1.82) is 0 Å². The fraction of sp³-hybridized carbons (Fsp3) is 0.333. The molecule has 8 nitrogen and oxygen atoms in total. The first-order chi connectivity index (χ1) is 14.4. The van der Waals surface area contributed by atoms with E-state index < -0.39 is 0 Å². The van der Waals surface area contributed by atoms with Crippen molar-refractivity contribution in [2.24, 2.45) is 0 Å². The van der Waals surface area contributed by atoms with Crippen LogP contribution in [0.15, 0.2) is 36.5 Å². The lowest BCUT2D eigenvalue weighted by molar-refractivity contribution is -0.129. The van der Waals surface area contributed by atoms with Gasteiger partial charge in [0.1, 0.15) is 5.82 Å². The van der Waals surface area contributed by atoms with Crippen LogP contribution < -0.4 is 5.32 Å². The molecule has 9 heteroatoms. The molecule has 156 valence electrons. The van der Waals surface area contributed by atoms with Crippen molar-refractivity contribution in [3.05, 3.63) is 52.8 Å². The van der Waals surface area contributed by atoms with Crippen LogP contribution in [-0.2, 0) is 11.3 Å². The maximum atomic E-state index is 12.8. The Hall–Kier alpha value is -3.13. The van der Waals surface area contributed by atoms with E-state index in [4.69, 9.17) is 11.6 Å². The summed E-state index contributed by atoms with van der Waals surface area (Å²) in [5.74, 6) is 0.605. The lowest BCUT2D eigenvalue weighted by Crippen LogP contribution is -2.38. The van der Waals surface area contributed by atoms with Crippen molar-refractivity contribution in [3.63, 3.8) is 0 Å². The van der Waals surface area contributed by atoms with Crippen molar-refractivity contribution < 1.29 is 9.59 Å². The predicted molar refractivity (Wildman–Crippen MR) is 115 cm³/mol. The Balaban J connectivity index is 1.37. The predicted octanol–water partition coefficient (Wildman–Crippen LogP) is 2.92. The molecule has 0 saturated carbocycles. The second kappa shape index (κ2) is 8.31. The van der Waals surface area contributed by atoms with E-state index in [1.54, 1.807) is 48.2 Å². The number of aromatic amines is 1. The van der Waals surface area contributed by atoms with Gasteiger partial charge in [0.25, 0.3) is 5.91 Å². The van der Waals surface area contributed by atoms with Gasteiger partial charge in [-0.3, -0.25) is 14.7 Å². The number of halogens is 1. The molecule has 1 fully saturated rings. The number of benzene rings is 1. The van der Waals surface area contributed by atoms with Crippen LogP contribution in [0.5, 0.6) is 0 Å². The van der Waals surface area contributed by atoms with Gasteiger partial charge in [-0.25, -0.2) is 4.98 Å². The van der Waals surface area contributed by atoms with Crippen molar-refractivity contribution in [3.8, 4) is 0 Å².